The molecule has 0 unspecified atom stereocenters. The van der Waals surface area contributed by atoms with Gasteiger partial charge in [0, 0.05) is 13.2 Å². The summed E-state index contributed by atoms with van der Waals surface area (Å²) in [7, 11) is 1.83. The number of benzene rings is 1. The summed E-state index contributed by atoms with van der Waals surface area (Å²) in [6.45, 7) is 1.83. The maximum Gasteiger partial charge on any atom is 0.134 e. The summed E-state index contributed by atoms with van der Waals surface area (Å²) < 4.78 is 16.5. The van der Waals surface area contributed by atoms with Gasteiger partial charge in [-0.3, -0.25) is 4.68 Å². The zero-order chi connectivity index (χ0) is 14.3. The van der Waals surface area contributed by atoms with Crippen molar-refractivity contribution in [1.29, 1.82) is 0 Å². The lowest BCUT2D eigenvalue weighted by Gasteiger charge is -2.05. The van der Waals surface area contributed by atoms with Crippen molar-refractivity contribution in [1.82, 2.24) is 19.6 Å². The number of hydrogen-bond donors (Lipinski definition) is 1. The van der Waals surface area contributed by atoms with Crippen molar-refractivity contribution in [2.24, 2.45) is 7.05 Å². The van der Waals surface area contributed by atoms with E-state index in [-0.39, 0.29) is 5.82 Å². The molecule has 2 aromatic heterocycles. The number of nitrogen functional groups attached to an aromatic ring is 1. The fourth-order valence-corrected chi connectivity index (χ4v) is 2.19. The maximum absolute atomic E-state index is 13.2. The van der Waals surface area contributed by atoms with Crippen LogP contribution in [-0.4, -0.2) is 19.6 Å². The summed E-state index contributed by atoms with van der Waals surface area (Å²) in [5.41, 5.74) is 9.66. The average molecular weight is 271 g/mol. The Morgan fingerprint density at radius 2 is 2.05 bits per heavy atom. The molecule has 6 heteroatoms. The predicted molar refractivity (Wildman–Crippen MR) is 74.9 cm³/mol. The van der Waals surface area contributed by atoms with E-state index in [4.69, 9.17) is 5.73 Å². The molecule has 0 amide bonds. The first-order valence-electron chi connectivity index (χ1n) is 6.16. The molecular weight excluding hydrogens is 257 g/mol. The van der Waals surface area contributed by atoms with Crippen molar-refractivity contribution in [2.45, 2.75) is 6.92 Å². The number of hydrogen-bond acceptors (Lipinski definition) is 3. The van der Waals surface area contributed by atoms with Crippen LogP contribution >= 0.6 is 0 Å². The van der Waals surface area contributed by atoms with Crippen LogP contribution in [0, 0.1) is 12.7 Å². The van der Waals surface area contributed by atoms with E-state index in [1.54, 1.807) is 27.8 Å². The molecule has 0 spiro atoms. The second kappa shape index (κ2) is 4.48. The SMILES string of the molecule is Cc1cc(F)ccc1-n1cc(N)c(-c2ccnn2C)n1. The monoisotopic (exact) mass is 271 g/mol. The van der Waals surface area contributed by atoms with E-state index in [0.717, 1.165) is 16.9 Å². The summed E-state index contributed by atoms with van der Waals surface area (Å²) in [5, 5.41) is 8.59. The van der Waals surface area contributed by atoms with E-state index in [0.29, 0.717) is 11.4 Å². The smallest absolute Gasteiger partial charge is 0.134 e. The van der Waals surface area contributed by atoms with Crippen LogP contribution in [0.1, 0.15) is 5.56 Å². The van der Waals surface area contributed by atoms with E-state index in [2.05, 4.69) is 10.2 Å². The fraction of sp³-hybridized carbons (Fsp3) is 0.143. The van der Waals surface area contributed by atoms with Gasteiger partial charge in [0.2, 0.25) is 0 Å². The molecule has 5 nitrogen and oxygen atoms in total. The summed E-state index contributed by atoms with van der Waals surface area (Å²) in [5.74, 6) is -0.266. The molecule has 0 bridgehead atoms. The quantitative estimate of drug-likeness (QED) is 0.778. The van der Waals surface area contributed by atoms with Crippen LogP contribution < -0.4 is 5.73 Å². The molecule has 0 radical (unpaired) electrons. The number of nitrogens with zero attached hydrogens (tertiary/aromatic N) is 4. The van der Waals surface area contributed by atoms with Crippen molar-refractivity contribution in [3.8, 4) is 17.1 Å². The molecule has 0 aliphatic heterocycles. The van der Waals surface area contributed by atoms with Crippen molar-refractivity contribution in [2.75, 3.05) is 5.73 Å². The Morgan fingerprint density at radius 1 is 1.25 bits per heavy atom. The van der Waals surface area contributed by atoms with Gasteiger partial charge in [0.1, 0.15) is 11.5 Å². The van der Waals surface area contributed by atoms with E-state index in [1.165, 1.54) is 12.1 Å². The van der Waals surface area contributed by atoms with Gasteiger partial charge in [0.25, 0.3) is 0 Å². The van der Waals surface area contributed by atoms with Gasteiger partial charge in [-0.15, -0.1) is 0 Å². The van der Waals surface area contributed by atoms with Gasteiger partial charge in [0.15, 0.2) is 0 Å². The molecule has 0 saturated heterocycles. The maximum atomic E-state index is 13.2. The largest absolute Gasteiger partial charge is 0.396 e. The second-order valence-electron chi connectivity index (χ2n) is 4.65. The van der Waals surface area contributed by atoms with Crippen LogP contribution in [0.5, 0.6) is 0 Å². The first-order chi connectivity index (χ1) is 9.56. The highest BCUT2D eigenvalue weighted by Gasteiger charge is 2.13. The zero-order valence-corrected chi connectivity index (χ0v) is 11.2. The molecule has 0 saturated carbocycles. The number of nitrogens with two attached hydrogens (primary N) is 1. The third-order valence-corrected chi connectivity index (χ3v) is 3.21. The van der Waals surface area contributed by atoms with Crippen molar-refractivity contribution in [3.63, 3.8) is 0 Å². The van der Waals surface area contributed by atoms with E-state index in [9.17, 15) is 4.39 Å². The van der Waals surface area contributed by atoms with Gasteiger partial charge in [-0.25, -0.2) is 9.07 Å². The number of anilines is 1. The second-order valence-corrected chi connectivity index (χ2v) is 4.65. The molecule has 20 heavy (non-hydrogen) atoms. The third-order valence-electron chi connectivity index (χ3n) is 3.21. The molecule has 3 aromatic rings. The molecule has 0 fully saturated rings. The zero-order valence-electron chi connectivity index (χ0n) is 11.2. The van der Waals surface area contributed by atoms with Crippen LogP contribution in [0.15, 0.2) is 36.7 Å². The van der Waals surface area contributed by atoms with Crippen molar-refractivity contribution >= 4 is 5.69 Å². The topological polar surface area (TPSA) is 61.7 Å². The lowest BCUT2D eigenvalue weighted by atomic mass is 10.2. The first-order valence-corrected chi connectivity index (χ1v) is 6.16. The highest BCUT2D eigenvalue weighted by molar-refractivity contribution is 5.69. The number of aryl methyl sites for hydroxylation is 2. The molecule has 102 valence electrons. The van der Waals surface area contributed by atoms with Gasteiger partial charge < -0.3 is 5.73 Å². The van der Waals surface area contributed by atoms with Gasteiger partial charge in [0.05, 0.1) is 23.3 Å². The number of aromatic nitrogens is 4. The van der Waals surface area contributed by atoms with Gasteiger partial charge in [-0.2, -0.15) is 10.2 Å². The van der Waals surface area contributed by atoms with Crippen LogP contribution in [0.2, 0.25) is 0 Å². The van der Waals surface area contributed by atoms with Crippen LogP contribution in [0.4, 0.5) is 10.1 Å². The summed E-state index contributed by atoms with van der Waals surface area (Å²) in [6.07, 6.45) is 3.42. The molecule has 3 rings (SSSR count). The standard InChI is InChI=1S/C14H14FN5/c1-9-7-10(15)3-4-12(9)20-8-11(16)14(18-20)13-5-6-17-19(13)2/h3-8H,16H2,1-2H3. The normalized spacial score (nSPS) is 10.9. The number of halogens is 1. The Labute approximate surface area is 115 Å². The lowest BCUT2D eigenvalue weighted by Crippen LogP contribution is -1.99. The third kappa shape index (κ3) is 1.95. The molecular formula is C14H14FN5. The summed E-state index contributed by atoms with van der Waals surface area (Å²) in [6, 6.07) is 6.41. The molecule has 0 aliphatic carbocycles. The summed E-state index contributed by atoms with van der Waals surface area (Å²) >= 11 is 0. The molecule has 0 atom stereocenters. The van der Waals surface area contributed by atoms with Gasteiger partial charge in [-0.1, -0.05) is 0 Å². The predicted octanol–water partition coefficient (Wildman–Crippen LogP) is 2.30. The Kier molecular flexibility index (Phi) is 2.78. The Hall–Kier alpha value is -2.63. The Bertz CT molecular complexity index is 772. The molecule has 0 aliphatic rings. The van der Waals surface area contributed by atoms with Gasteiger partial charge >= 0.3 is 0 Å². The van der Waals surface area contributed by atoms with Crippen molar-refractivity contribution < 1.29 is 4.39 Å². The van der Waals surface area contributed by atoms with Gasteiger partial charge in [-0.05, 0) is 36.8 Å². The summed E-state index contributed by atoms with van der Waals surface area (Å²) in [4.78, 5) is 0. The molecule has 2 N–H and O–H groups in total. The molecule has 2 heterocycles. The van der Waals surface area contributed by atoms with E-state index in [1.807, 2.05) is 20.0 Å². The Balaban J connectivity index is 2.11. The fourth-order valence-electron chi connectivity index (χ4n) is 2.19. The minimum absolute atomic E-state index is 0.266. The number of rotatable bonds is 2. The highest BCUT2D eigenvalue weighted by Crippen LogP contribution is 2.25. The van der Waals surface area contributed by atoms with E-state index < -0.39 is 0 Å². The van der Waals surface area contributed by atoms with Crippen LogP contribution in [-0.2, 0) is 7.05 Å². The van der Waals surface area contributed by atoms with Crippen molar-refractivity contribution in [3.05, 3.63) is 48.0 Å². The highest BCUT2D eigenvalue weighted by atomic mass is 19.1. The molecule has 1 aromatic carbocycles. The lowest BCUT2D eigenvalue weighted by molar-refractivity contribution is 0.625. The Morgan fingerprint density at radius 3 is 2.70 bits per heavy atom. The van der Waals surface area contributed by atoms with Crippen LogP contribution in [0.25, 0.3) is 17.1 Å². The average Bonchev–Trinajstić information content (AvgIpc) is 2.95. The minimum Gasteiger partial charge on any atom is -0.396 e. The van der Waals surface area contributed by atoms with Crippen LogP contribution in [0.3, 0.4) is 0 Å². The minimum atomic E-state index is -0.266. The first kappa shape index (κ1) is 12.4. The van der Waals surface area contributed by atoms with E-state index >= 15 is 0 Å².